The molecule has 0 aliphatic heterocycles. The van der Waals surface area contributed by atoms with Gasteiger partial charge in [-0.1, -0.05) is 35.3 Å². The fourth-order valence-corrected chi connectivity index (χ4v) is 2.21. The van der Waals surface area contributed by atoms with Crippen LogP contribution in [0.3, 0.4) is 0 Å². The van der Waals surface area contributed by atoms with Crippen LogP contribution in [0.1, 0.15) is 0 Å². The maximum absolute atomic E-state index is 5.99. The number of halogens is 2. The predicted octanol–water partition coefficient (Wildman–Crippen LogP) is 4.51. The van der Waals surface area contributed by atoms with Crippen LogP contribution < -0.4 is 0 Å². The quantitative estimate of drug-likeness (QED) is 0.654. The van der Waals surface area contributed by atoms with Gasteiger partial charge in [0.15, 0.2) is 5.82 Å². The molecule has 0 amide bonds. The lowest BCUT2D eigenvalue weighted by Gasteiger charge is -2.04. The van der Waals surface area contributed by atoms with Crippen molar-refractivity contribution in [3.8, 4) is 22.6 Å². The van der Waals surface area contributed by atoms with Crippen molar-refractivity contribution >= 4 is 23.2 Å². The van der Waals surface area contributed by atoms with Gasteiger partial charge in [-0.15, -0.1) is 0 Å². The fourth-order valence-electron chi connectivity index (χ4n) is 1.85. The number of aromatic nitrogens is 3. The minimum atomic E-state index is 0.436. The Bertz CT molecular complexity index is 699. The minimum Gasteiger partial charge on any atom is -0.245 e. The molecular formula is C15H9Cl2N3. The second-order valence-corrected chi connectivity index (χ2v) is 4.97. The van der Waals surface area contributed by atoms with E-state index in [1.807, 2.05) is 36.4 Å². The van der Waals surface area contributed by atoms with E-state index in [1.54, 1.807) is 18.5 Å². The van der Waals surface area contributed by atoms with E-state index in [4.69, 9.17) is 23.2 Å². The molecule has 1 aromatic carbocycles. The first-order valence-corrected chi connectivity index (χ1v) is 6.69. The molecule has 0 saturated carbocycles. The van der Waals surface area contributed by atoms with Crippen LogP contribution in [0.25, 0.3) is 22.6 Å². The highest BCUT2D eigenvalue weighted by Crippen LogP contribution is 2.23. The predicted molar refractivity (Wildman–Crippen MR) is 80.7 cm³/mol. The van der Waals surface area contributed by atoms with Gasteiger partial charge in [0, 0.05) is 28.5 Å². The molecule has 3 nitrogen and oxygen atoms in total. The molecule has 0 saturated heterocycles. The molecule has 3 aromatic rings. The minimum absolute atomic E-state index is 0.436. The molecule has 2 aromatic heterocycles. The van der Waals surface area contributed by atoms with Crippen LogP contribution in [-0.2, 0) is 0 Å². The van der Waals surface area contributed by atoms with Crippen LogP contribution in [0.15, 0.2) is 54.9 Å². The number of nitrogens with zero attached hydrogens (tertiary/aromatic N) is 3. The van der Waals surface area contributed by atoms with Crippen molar-refractivity contribution in [3.05, 3.63) is 65.0 Å². The number of hydrogen-bond acceptors (Lipinski definition) is 3. The second-order valence-electron chi connectivity index (χ2n) is 4.14. The van der Waals surface area contributed by atoms with Gasteiger partial charge in [0.2, 0.25) is 0 Å². The highest BCUT2D eigenvalue weighted by atomic mass is 35.5. The molecule has 0 bridgehead atoms. The number of pyridine rings is 1. The average molecular weight is 302 g/mol. The van der Waals surface area contributed by atoms with Crippen molar-refractivity contribution in [3.63, 3.8) is 0 Å². The molecule has 98 valence electrons. The molecule has 0 aliphatic rings. The summed E-state index contributed by atoms with van der Waals surface area (Å²) in [5.41, 5.74) is 2.56. The molecule has 0 radical (unpaired) electrons. The molecule has 0 spiro atoms. The Morgan fingerprint density at radius 2 is 1.65 bits per heavy atom. The fraction of sp³-hybridized carbons (Fsp3) is 0. The topological polar surface area (TPSA) is 38.7 Å². The maximum Gasteiger partial charge on any atom is 0.159 e. The van der Waals surface area contributed by atoms with E-state index in [2.05, 4.69) is 15.0 Å². The zero-order chi connectivity index (χ0) is 13.9. The lowest BCUT2D eigenvalue weighted by Crippen LogP contribution is -1.91. The molecule has 2 heterocycles. The molecule has 0 atom stereocenters. The van der Waals surface area contributed by atoms with Crippen LogP contribution in [0.4, 0.5) is 0 Å². The summed E-state index contributed by atoms with van der Waals surface area (Å²) < 4.78 is 0. The summed E-state index contributed by atoms with van der Waals surface area (Å²) in [5.74, 6) is 0.623. The Morgan fingerprint density at radius 1 is 0.800 bits per heavy atom. The van der Waals surface area contributed by atoms with Gasteiger partial charge < -0.3 is 0 Å². The normalized spacial score (nSPS) is 10.5. The third-order valence-electron chi connectivity index (χ3n) is 2.76. The van der Waals surface area contributed by atoms with Crippen LogP contribution in [0.2, 0.25) is 10.2 Å². The summed E-state index contributed by atoms with van der Waals surface area (Å²) in [6.07, 6.45) is 3.37. The second kappa shape index (κ2) is 5.57. The van der Waals surface area contributed by atoms with Gasteiger partial charge in [0.25, 0.3) is 0 Å². The zero-order valence-electron chi connectivity index (χ0n) is 10.3. The standard InChI is InChI=1S/C15H9Cl2N3/c16-12-3-1-2-11(8-12)15-19-7-5-13(20-15)10-4-6-18-14(17)9-10/h1-9H. The van der Waals surface area contributed by atoms with Gasteiger partial charge in [-0.05, 0) is 30.3 Å². The first kappa shape index (κ1) is 13.0. The van der Waals surface area contributed by atoms with E-state index in [0.717, 1.165) is 16.8 Å². The van der Waals surface area contributed by atoms with Gasteiger partial charge in [0.1, 0.15) is 5.15 Å². The van der Waals surface area contributed by atoms with Crippen LogP contribution in [0, 0.1) is 0 Å². The van der Waals surface area contributed by atoms with Crippen LogP contribution >= 0.6 is 23.2 Å². The van der Waals surface area contributed by atoms with Gasteiger partial charge in [-0.3, -0.25) is 0 Å². The molecule has 0 aliphatic carbocycles. The molecule has 20 heavy (non-hydrogen) atoms. The van der Waals surface area contributed by atoms with Crippen molar-refractivity contribution in [2.45, 2.75) is 0 Å². The van der Waals surface area contributed by atoms with E-state index < -0.39 is 0 Å². The van der Waals surface area contributed by atoms with Gasteiger partial charge in [-0.25, -0.2) is 15.0 Å². The van der Waals surface area contributed by atoms with Crippen molar-refractivity contribution < 1.29 is 0 Å². The molecular weight excluding hydrogens is 293 g/mol. The summed E-state index contributed by atoms with van der Waals surface area (Å²) in [6, 6.07) is 12.9. The Kier molecular flexibility index (Phi) is 3.63. The summed E-state index contributed by atoms with van der Waals surface area (Å²) >= 11 is 11.9. The first-order valence-electron chi connectivity index (χ1n) is 5.93. The molecule has 0 fully saturated rings. The number of rotatable bonds is 2. The van der Waals surface area contributed by atoms with Gasteiger partial charge >= 0.3 is 0 Å². The summed E-state index contributed by atoms with van der Waals surface area (Å²) in [6.45, 7) is 0. The van der Waals surface area contributed by atoms with E-state index in [-0.39, 0.29) is 0 Å². The van der Waals surface area contributed by atoms with Crippen molar-refractivity contribution in [2.24, 2.45) is 0 Å². The number of benzene rings is 1. The van der Waals surface area contributed by atoms with Gasteiger partial charge in [0.05, 0.1) is 5.69 Å². The monoisotopic (exact) mass is 301 g/mol. The molecule has 3 rings (SSSR count). The lowest BCUT2D eigenvalue weighted by molar-refractivity contribution is 1.18. The average Bonchev–Trinajstić information content (AvgIpc) is 2.47. The maximum atomic E-state index is 5.99. The third-order valence-corrected chi connectivity index (χ3v) is 3.20. The van der Waals surface area contributed by atoms with Gasteiger partial charge in [-0.2, -0.15) is 0 Å². The van der Waals surface area contributed by atoms with E-state index in [9.17, 15) is 0 Å². The van der Waals surface area contributed by atoms with Crippen LogP contribution in [-0.4, -0.2) is 15.0 Å². The van der Waals surface area contributed by atoms with Crippen LogP contribution in [0.5, 0.6) is 0 Å². The Labute approximate surface area is 126 Å². The lowest BCUT2D eigenvalue weighted by atomic mass is 10.1. The largest absolute Gasteiger partial charge is 0.245 e. The molecule has 5 heteroatoms. The smallest absolute Gasteiger partial charge is 0.159 e. The summed E-state index contributed by atoms with van der Waals surface area (Å²) in [4.78, 5) is 12.8. The van der Waals surface area contributed by atoms with E-state index in [1.165, 1.54) is 0 Å². The SMILES string of the molecule is Clc1cccc(-c2nccc(-c3ccnc(Cl)c3)n2)c1. The molecule has 0 unspecified atom stereocenters. The zero-order valence-corrected chi connectivity index (χ0v) is 11.8. The Hall–Kier alpha value is -1.97. The summed E-state index contributed by atoms with van der Waals surface area (Å²) in [5, 5.41) is 1.09. The first-order chi connectivity index (χ1) is 9.72. The van der Waals surface area contributed by atoms with E-state index in [0.29, 0.717) is 16.0 Å². The third kappa shape index (κ3) is 2.79. The highest BCUT2D eigenvalue weighted by molar-refractivity contribution is 6.30. The Balaban J connectivity index is 2.06. The molecule has 0 N–H and O–H groups in total. The van der Waals surface area contributed by atoms with E-state index >= 15 is 0 Å². The van der Waals surface area contributed by atoms with Crippen molar-refractivity contribution in [1.82, 2.24) is 15.0 Å². The highest BCUT2D eigenvalue weighted by Gasteiger charge is 2.05. The summed E-state index contributed by atoms with van der Waals surface area (Å²) in [7, 11) is 0. The van der Waals surface area contributed by atoms with Crippen molar-refractivity contribution in [1.29, 1.82) is 0 Å². The van der Waals surface area contributed by atoms with Crippen molar-refractivity contribution in [2.75, 3.05) is 0 Å². The number of hydrogen-bond donors (Lipinski definition) is 0. The Morgan fingerprint density at radius 3 is 2.45 bits per heavy atom.